The molecule has 146 valence electrons. The number of amides is 1. The van der Waals surface area contributed by atoms with E-state index in [4.69, 9.17) is 9.15 Å². The van der Waals surface area contributed by atoms with Gasteiger partial charge >= 0.3 is 0 Å². The summed E-state index contributed by atoms with van der Waals surface area (Å²) in [4.78, 5) is 21.6. The van der Waals surface area contributed by atoms with Crippen molar-refractivity contribution in [2.45, 2.75) is 43.1 Å². The van der Waals surface area contributed by atoms with Gasteiger partial charge in [-0.25, -0.2) is 4.98 Å². The monoisotopic (exact) mass is 389 g/mol. The first-order valence-electron chi connectivity index (χ1n) is 9.76. The molecule has 27 heavy (non-hydrogen) atoms. The molecule has 7 heteroatoms. The fourth-order valence-electron chi connectivity index (χ4n) is 4.08. The van der Waals surface area contributed by atoms with Crippen molar-refractivity contribution in [3.05, 3.63) is 24.3 Å². The van der Waals surface area contributed by atoms with Crippen LogP contribution in [0.25, 0.3) is 11.1 Å². The maximum absolute atomic E-state index is 12.6. The minimum atomic E-state index is 0.179. The topological polar surface area (TPSA) is 58.8 Å². The summed E-state index contributed by atoms with van der Waals surface area (Å²) < 4.78 is 11.1. The van der Waals surface area contributed by atoms with Crippen LogP contribution in [0.4, 0.5) is 0 Å². The number of methoxy groups -OCH3 is 1. The number of thioether (sulfide) groups is 1. The lowest BCUT2D eigenvalue weighted by Gasteiger charge is -2.41. The molecule has 2 fully saturated rings. The van der Waals surface area contributed by atoms with Crippen molar-refractivity contribution in [2.24, 2.45) is 0 Å². The van der Waals surface area contributed by atoms with Gasteiger partial charge in [0, 0.05) is 39.3 Å². The van der Waals surface area contributed by atoms with Crippen molar-refractivity contribution in [3.8, 4) is 0 Å². The van der Waals surface area contributed by atoms with E-state index >= 15 is 0 Å². The molecule has 0 radical (unpaired) electrons. The third-order valence-corrected chi connectivity index (χ3v) is 6.55. The molecular weight excluding hydrogens is 362 g/mol. The van der Waals surface area contributed by atoms with Crippen LogP contribution in [0.2, 0.25) is 0 Å². The highest BCUT2D eigenvalue weighted by Crippen LogP contribution is 2.25. The van der Waals surface area contributed by atoms with E-state index in [1.165, 1.54) is 11.8 Å². The molecular formula is C20H27N3O3S. The Labute approximate surface area is 164 Å². The Kier molecular flexibility index (Phi) is 6.00. The van der Waals surface area contributed by atoms with E-state index < -0.39 is 0 Å². The van der Waals surface area contributed by atoms with Crippen molar-refractivity contribution in [1.29, 1.82) is 0 Å². The van der Waals surface area contributed by atoms with Crippen LogP contribution in [0.5, 0.6) is 0 Å². The van der Waals surface area contributed by atoms with Gasteiger partial charge in [-0.2, -0.15) is 0 Å². The van der Waals surface area contributed by atoms with Crippen LogP contribution in [0.1, 0.15) is 25.7 Å². The van der Waals surface area contributed by atoms with Crippen LogP contribution in [0.15, 0.2) is 33.9 Å². The lowest BCUT2D eigenvalue weighted by atomic mass is 9.99. The van der Waals surface area contributed by atoms with E-state index in [0.29, 0.717) is 23.1 Å². The van der Waals surface area contributed by atoms with Gasteiger partial charge in [0.2, 0.25) is 5.91 Å². The number of hydrogen-bond donors (Lipinski definition) is 0. The second-order valence-corrected chi connectivity index (χ2v) is 8.25. The van der Waals surface area contributed by atoms with Crippen LogP contribution in [-0.4, -0.2) is 71.9 Å². The van der Waals surface area contributed by atoms with Gasteiger partial charge in [0.25, 0.3) is 5.22 Å². The van der Waals surface area contributed by atoms with Gasteiger partial charge < -0.3 is 19.0 Å². The molecule has 0 atom stereocenters. The number of hydrogen-bond acceptors (Lipinski definition) is 6. The molecule has 1 aromatic carbocycles. The van der Waals surface area contributed by atoms with Gasteiger partial charge in [0.05, 0.1) is 11.9 Å². The molecule has 0 bridgehead atoms. The predicted molar refractivity (Wildman–Crippen MR) is 106 cm³/mol. The number of carbonyl (C=O) groups is 1. The van der Waals surface area contributed by atoms with Crippen molar-refractivity contribution in [3.63, 3.8) is 0 Å². The van der Waals surface area contributed by atoms with Crippen molar-refractivity contribution >= 4 is 28.8 Å². The van der Waals surface area contributed by atoms with Gasteiger partial charge in [0.15, 0.2) is 5.58 Å². The number of oxazole rings is 1. The number of piperidine rings is 2. The van der Waals surface area contributed by atoms with Gasteiger partial charge in [-0.3, -0.25) is 4.79 Å². The Balaban J connectivity index is 1.23. The van der Waals surface area contributed by atoms with E-state index in [-0.39, 0.29) is 5.91 Å². The third-order valence-electron chi connectivity index (χ3n) is 5.74. The number of rotatable bonds is 5. The summed E-state index contributed by atoms with van der Waals surface area (Å²) in [5.74, 6) is 0.565. The molecule has 2 aliphatic rings. The Bertz CT molecular complexity index is 732. The Morgan fingerprint density at radius 3 is 2.63 bits per heavy atom. The van der Waals surface area contributed by atoms with Gasteiger partial charge in [-0.05, 0) is 37.8 Å². The molecule has 2 aromatic rings. The number of likely N-dealkylation sites (tertiary alicyclic amines) is 2. The number of fused-ring (bicyclic) bond motifs is 1. The van der Waals surface area contributed by atoms with E-state index in [0.717, 1.165) is 63.0 Å². The number of para-hydroxylation sites is 2. The molecule has 0 saturated carbocycles. The van der Waals surface area contributed by atoms with Crippen LogP contribution >= 0.6 is 11.8 Å². The van der Waals surface area contributed by atoms with Crippen LogP contribution < -0.4 is 0 Å². The van der Waals surface area contributed by atoms with Gasteiger partial charge in [-0.1, -0.05) is 23.9 Å². The van der Waals surface area contributed by atoms with Crippen molar-refractivity contribution < 1.29 is 13.9 Å². The molecule has 1 aromatic heterocycles. The SMILES string of the molecule is COC1CCN(C2CCN(C(=O)CSc3nc4ccccc4o3)CC2)CC1. The first-order chi connectivity index (χ1) is 13.2. The lowest BCUT2D eigenvalue weighted by molar-refractivity contribution is -0.130. The summed E-state index contributed by atoms with van der Waals surface area (Å²) in [5, 5.41) is 0.570. The highest BCUT2D eigenvalue weighted by Gasteiger charge is 2.29. The number of benzene rings is 1. The molecule has 0 aliphatic carbocycles. The number of carbonyl (C=O) groups excluding carboxylic acids is 1. The van der Waals surface area contributed by atoms with Gasteiger partial charge in [-0.15, -0.1) is 0 Å². The molecule has 0 unspecified atom stereocenters. The first-order valence-corrected chi connectivity index (χ1v) is 10.7. The summed E-state index contributed by atoms with van der Waals surface area (Å²) in [5.41, 5.74) is 1.61. The molecule has 0 spiro atoms. The zero-order chi connectivity index (χ0) is 18.6. The second-order valence-electron chi connectivity index (χ2n) is 7.32. The summed E-state index contributed by atoms with van der Waals surface area (Å²) in [6.45, 7) is 3.93. The molecule has 3 heterocycles. The highest BCUT2D eigenvalue weighted by molar-refractivity contribution is 7.99. The minimum absolute atomic E-state index is 0.179. The van der Waals surface area contributed by atoms with Crippen molar-refractivity contribution in [2.75, 3.05) is 39.0 Å². The van der Waals surface area contributed by atoms with E-state index in [1.807, 2.05) is 36.3 Å². The maximum atomic E-state index is 12.6. The van der Waals surface area contributed by atoms with Gasteiger partial charge in [0.1, 0.15) is 5.52 Å². The zero-order valence-corrected chi connectivity index (χ0v) is 16.6. The number of nitrogens with zero attached hydrogens (tertiary/aromatic N) is 3. The van der Waals surface area contributed by atoms with E-state index in [9.17, 15) is 4.79 Å². The average Bonchev–Trinajstić information content (AvgIpc) is 3.15. The molecule has 2 aliphatic heterocycles. The molecule has 1 amide bonds. The summed E-state index contributed by atoms with van der Waals surface area (Å²) >= 11 is 1.39. The summed E-state index contributed by atoms with van der Waals surface area (Å²) in [6.07, 6.45) is 4.80. The van der Waals surface area contributed by atoms with Crippen molar-refractivity contribution in [1.82, 2.24) is 14.8 Å². The summed E-state index contributed by atoms with van der Waals surface area (Å²) in [6, 6.07) is 8.29. The fraction of sp³-hybridized carbons (Fsp3) is 0.600. The first kappa shape index (κ1) is 18.8. The van der Waals surface area contributed by atoms with E-state index in [1.54, 1.807) is 0 Å². The zero-order valence-electron chi connectivity index (χ0n) is 15.8. The molecule has 2 saturated heterocycles. The minimum Gasteiger partial charge on any atom is -0.431 e. The molecule has 0 N–H and O–H groups in total. The normalized spacial score (nSPS) is 20.4. The largest absolute Gasteiger partial charge is 0.431 e. The number of aromatic nitrogens is 1. The van der Waals surface area contributed by atoms with Crippen LogP contribution in [0, 0.1) is 0 Å². The lowest BCUT2D eigenvalue weighted by Crippen LogP contribution is -2.50. The van der Waals surface area contributed by atoms with E-state index in [2.05, 4.69) is 9.88 Å². The quantitative estimate of drug-likeness (QED) is 0.733. The average molecular weight is 390 g/mol. The Morgan fingerprint density at radius 1 is 1.19 bits per heavy atom. The smallest absolute Gasteiger partial charge is 0.257 e. The fourth-order valence-corrected chi connectivity index (χ4v) is 4.83. The molecule has 6 nitrogen and oxygen atoms in total. The third kappa shape index (κ3) is 4.47. The van der Waals surface area contributed by atoms with Crippen LogP contribution in [-0.2, 0) is 9.53 Å². The predicted octanol–water partition coefficient (Wildman–Crippen LogP) is 3.02. The second kappa shape index (κ2) is 8.63. The van der Waals surface area contributed by atoms with Crippen LogP contribution in [0.3, 0.4) is 0 Å². The molecule has 4 rings (SSSR count). The standard InChI is InChI=1S/C20H27N3O3S/c1-25-16-8-12-22(13-9-16)15-6-10-23(11-7-15)19(24)14-27-20-21-17-4-2-3-5-18(17)26-20/h2-5,15-16H,6-14H2,1H3. The Morgan fingerprint density at radius 2 is 1.93 bits per heavy atom. The Hall–Kier alpha value is -1.57. The maximum Gasteiger partial charge on any atom is 0.257 e. The highest BCUT2D eigenvalue weighted by atomic mass is 32.2. The number of ether oxygens (including phenoxy) is 1. The summed E-state index contributed by atoms with van der Waals surface area (Å²) in [7, 11) is 1.81.